The third kappa shape index (κ3) is 4.10. The molecule has 0 saturated heterocycles. The molecule has 2 aliphatic heterocycles. The van der Waals surface area contributed by atoms with Crippen molar-refractivity contribution >= 4 is 33.5 Å². The van der Waals surface area contributed by atoms with Gasteiger partial charge in [-0.1, -0.05) is 88.7 Å². The van der Waals surface area contributed by atoms with Gasteiger partial charge in [-0.2, -0.15) is 0 Å². The fraction of sp³-hybridized carbons (Fsp3) is 0.194. The van der Waals surface area contributed by atoms with Gasteiger partial charge >= 0.3 is 0 Å². The average Bonchev–Trinajstić information content (AvgIpc) is 2.90. The summed E-state index contributed by atoms with van der Waals surface area (Å²) >= 11 is 3.52. The van der Waals surface area contributed by atoms with E-state index in [1.54, 1.807) is 0 Å². The summed E-state index contributed by atoms with van der Waals surface area (Å²) in [5.41, 5.74) is 9.26. The largest absolute Gasteiger partial charge is 0.371 e. The molecule has 0 aliphatic carbocycles. The van der Waals surface area contributed by atoms with Crippen LogP contribution in [0.3, 0.4) is 0 Å². The van der Waals surface area contributed by atoms with Crippen LogP contribution in [0.5, 0.6) is 0 Å². The molecule has 0 saturated carbocycles. The molecule has 0 fully saturated rings. The first-order chi connectivity index (χ1) is 16.8. The molecular formula is C31H27BrN2. The van der Waals surface area contributed by atoms with Crippen LogP contribution in [0.25, 0.3) is 0 Å². The summed E-state index contributed by atoms with van der Waals surface area (Å²) in [7, 11) is 0. The minimum absolute atomic E-state index is 0.406. The Bertz CT molecular complexity index is 1240. The molecule has 0 N–H and O–H groups in total. The zero-order chi connectivity index (χ0) is 22.9. The molecule has 34 heavy (non-hydrogen) atoms. The van der Waals surface area contributed by atoms with Gasteiger partial charge in [0.05, 0.1) is 5.69 Å². The molecule has 2 aliphatic rings. The summed E-state index contributed by atoms with van der Waals surface area (Å²) in [5.74, 6) is 0.812. The Morgan fingerprint density at radius 2 is 1.24 bits per heavy atom. The second-order valence-electron chi connectivity index (χ2n) is 9.27. The van der Waals surface area contributed by atoms with E-state index in [1.165, 1.54) is 27.9 Å². The van der Waals surface area contributed by atoms with Crippen molar-refractivity contribution in [2.75, 3.05) is 18.0 Å². The Balaban J connectivity index is 1.49. The Labute approximate surface area is 210 Å². The lowest BCUT2D eigenvalue weighted by Crippen LogP contribution is -2.37. The van der Waals surface area contributed by atoms with Gasteiger partial charge in [0.1, 0.15) is 0 Å². The molecule has 0 bridgehead atoms. The van der Waals surface area contributed by atoms with Crippen LogP contribution in [0.4, 0.5) is 11.4 Å². The Morgan fingerprint density at radius 3 is 1.76 bits per heavy atom. The maximum atomic E-state index is 4.97. The Kier molecular flexibility index (Phi) is 5.80. The van der Waals surface area contributed by atoms with Crippen molar-refractivity contribution in [2.24, 2.45) is 4.99 Å². The smallest absolute Gasteiger partial charge is 0.0637 e. The van der Waals surface area contributed by atoms with Gasteiger partial charge in [-0.05, 0) is 64.9 Å². The van der Waals surface area contributed by atoms with Crippen molar-refractivity contribution in [3.05, 3.63) is 129 Å². The van der Waals surface area contributed by atoms with E-state index in [2.05, 4.69) is 118 Å². The molecule has 0 amide bonds. The van der Waals surface area contributed by atoms with Gasteiger partial charge in [0.2, 0.25) is 0 Å². The number of benzene rings is 4. The molecule has 168 valence electrons. The second kappa shape index (κ2) is 9.23. The molecule has 3 heteroatoms. The van der Waals surface area contributed by atoms with Crippen LogP contribution in [-0.4, -0.2) is 19.3 Å². The SMILES string of the molecule is Brc1ccc(C=Nc2cc3c4c(c2)C(c2ccccc2)CCN4CCC3c2ccccc2)cc1. The number of anilines is 1. The lowest BCUT2D eigenvalue weighted by molar-refractivity contribution is 0.571. The van der Waals surface area contributed by atoms with E-state index < -0.39 is 0 Å². The summed E-state index contributed by atoms with van der Waals surface area (Å²) in [6.07, 6.45) is 4.28. The highest BCUT2D eigenvalue weighted by Gasteiger charge is 2.34. The predicted molar refractivity (Wildman–Crippen MR) is 146 cm³/mol. The van der Waals surface area contributed by atoms with Crippen LogP contribution >= 0.6 is 15.9 Å². The fourth-order valence-corrected chi connectivity index (χ4v) is 5.88. The monoisotopic (exact) mass is 506 g/mol. The normalized spacial score (nSPS) is 19.3. The van der Waals surface area contributed by atoms with Gasteiger partial charge in [0.25, 0.3) is 0 Å². The number of hydrogen-bond donors (Lipinski definition) is 0. The summed E-state index contributed by atoms with van der Waals surface area (Å²) in [6.45, 7) is 2.23. The molecular weight excluding hydrogens is 480 g/mol. The average molecular weight is 507 g/mol. The topological polar surface area (TPSA) is 15.6 Å². The Morgan fingerprint density at radius 1 is 0.706 bits per heavy atom. The van der Waals surface area contributed by atoms with E-state index in [0.29, 0.717) is 11.8 Å². The first kappa shape index (κ1) is 21.4. The fourth-order valence-electron chi connectivity index (χ4n) is 5.61. The predicted octanol–water partition coefficient (Wildman–Crippen LogP) is 8.08. The van der Waals surface area contributed by atoms with Crippen LogP contribution in [0.2, 0.25) is 0 Å². The zero-order valence-electron chi connectivity index (χ0n) is 19.1. The van der Waals surface area contributed by atoms with E-state index >= 15 is 0 Å². The Hall–Kier alpha value is -3.17. The van der Waals surface area contributed by atoms with Crippen molar-refractivity contribution in [1.82, 2.24) is 0 Å². The summed E-state index contributed by atoms with van der Waals surface area (Å²) in [5, 5.41) is 0. The molecule has 2 nitrogen and oxygen atoms in total. The summed E-state index contributed by atoms with van der Waals surface area (Å²) < 4.78 is 1.08. The third-order valence-corrected chi connectivity index (χ3v) is 7.76. The van der Waals surface area contributed by atoms with Gasteiger partial charge in [-0.15, -0.1) is 0 Å². The van der Waals surface area contributed by atoms with Gasteiger partial charge in [-0.25, -0.2) is 0 Å². The van der Waals surface area contributed by atoms with Gasteiger partial charge in [-0.3, -0.25) is 4.99 Å². The third-order valence-electron chi connectivity index (χ3n) is 7.23. The lowest BCUT2D eigenvalue weighted by atomic mass is 9.76. The minimum Gasteiger partial charge on any atom is -0.371 e. The van der Waals surface area contributed by atoms with Crippen molar-refractivity contribution < 1.29 is 0 Å². The number of hydrogen-bond acceptors (Lipinski definition) is 2. The van der Waals surface area contributed by atoms with Crippen LogP contribution in [0.1, 0.15) is 52.5 Å². The van der Waals surface area contributed by atoms with Crippen molar-refractivity contribution in [3.8, 4) is 0 Å². The first-order valence-electron chi connectivity index (χ1n) is 12.1. The molecule has 2 unspecified atom stereocenters. The van der Waals surface area contributed by atoms with Crippen LogP contribution < -0.4 is 4.90 Å². The van der Waals surface area contributed by atoms with Crippen LogP contribution in [-0.2, 0) is 0 Å². The molecule has 4 aromatic carbocycles. The van der Waals surface area contributed by atoms with Crippen molar-refractivity contribution in [2.45, 2.75) is 24.7 Å². The first-order valence-corrected chi connectivity index (χ1v) is 12.9. The van der Waals surface area contributed by atoms with Gasteiger partial charge < -0.3 is 4.90 Å². The maximum Gasteiger partial charge on any atom is 0.0637 e. The molecule has 2 atom stereocenters. The maximum absolute atomic E-state index is 4.97. The molecule has 4 aromatic rings. The number of halogens is 1. The molecule has 0 aromatic heterocycles. The second-order valence-corrected chi connectivity index (χ2v) is 10.2. The van der Waals surface area contributed by atoms with E-state index in [4.69, 9.17) is 4.99 Å². The minimum atomic E-state index is 0.406. The highest BCUT2D eigenvalue weighted by atomic mass is 79.9. The van der Waals surface area contributed by atoms with Crippen LogP contribution in [0.15, 0.2) is 107 Å². The molecule has 2 heterocycles. The number of aliphatic imine (C=N–C) groups is 1. The summed E-state index contributed by atoms with van der Waals surface area (Å²) in [4.78, 5) is 7.59. The summed E-state index contributed by atoms with van der Waals surface area (Å²) in [6, 6.07) is 35.0. The van der Waals surface area contributed by atoms with Gasteiger partial charge in [0, 0.05) is 41.3 Å². The van der Waals surface area contributed by atoms with Gasteiger partial charge in [0.15, 0.2) is 0 Å². The highest BCUT2D eigenvalue weighted by molar-refractivity contribution is 9.10. The highest BCUT2D eigenvalue weighted by Crippen LogP contribution is 2.49. The zero-order valence-corrected chi connectivity index (χ0v) is 20.7. The number of nitrogens with zero attached hydrogens (tertiary/aromatic N) is 2. The van der Waals surface area contributed by atoms with Crippen molar-refractivity contribution in [1.29, 1.82) is 0 Å². The van der Waals surface area contributed by atoms with Crippen molar-refractivity contribution in [3.63, 3.8) is 0 Å². The lowest BCUT2D eigenvalue weighted by Gasteiger charge is -2.43. The standard InChI is InChI=1S/C31H27BrN2/c32-25-13-11-22(12-14-25)21-33-26-19-29-27(23-7-3-1-4-8-23)15-17-34-18-16-28(30(20-26)31(29)34)24-9-5-2-6-10-24/h1-14,19-21,27-28H,15-18H2. The quantitative estimate of drug-likeness (QED) is 0.255. The molecule has 6 rings (SSSR count). The molecule has 0 spiro atoms. The van der Waals surface area contributed by atoms with Crippen LogP contribution in [0, 0.1) is 0 Å². The number of rotatable bonds is 4. The van der Waals surface area contributed by atoms with E-state index in [0.717, 1.165) is 41.7 Å². The van der Waals surface area contributed by atoms with E-state index in [1.807, 2.05) is 6.21 Å². The molecule has 0 radical (unpaired) electrons. The van der Waals surface area contributed by atoms with E-state index in [9.17, 15) is 0 Å². The van der Waals surface area contributed by atoms with E-state index in [-0.39, 0.29) is 0 Å².